The molecule has 0 N–H and O–H groups in total. The molecule has 112 valence electrons. The Morgan fingerprint density at radius 1 is 1.00 bits per heavy atom. The molecule has 0 bridgehead atoms. The zero-order valence-corrected chi connectivity index (χ0v) is 12.3. The Labute approximate surface area is 128 Å². The van der Waals surface area contributed by atoms with Gasteiger partial charge in [-0.25, -0.2) is 0 Å². The number of rotatable bonds is 3. The molecule has 0 saturated carbocycles. The molecule has 6 heteroatoms. The van der Waals surface area contributed by atoms with Crippen molar-refractivity contribution in [2.75, 3.05) is 18.0 Å². The first-order valence-electron chi connectivity index (χ1n) is 7.73. The second-order valence-corrected chi connectivity index (χ2v) is 5.84. The van der Waals surface area contributed by atoms with Gasteiger partial charge in [0, 0.05) is 13.1 Å². The van der Waals surface area contributed by atoms with Gasteiger partial charge in [-0.2, -0.15) is 0 Å². The molecule has 22 heavy (non-hydrogen) atoms. The fourth-order valence-corrected chi connectivity index (χ4v) is 3.12. The number of fused-ring (bicyclic) bond motifs is 1. The van der Waals surface area contributed by atoms with E-state index in [4.69, 9.17) is 0 Å². The summed E-state index contributed by atoms with van der Waals surface area (Å²) in [5.41, 5.74) is 2.12. The summed E-state index contributed by atoms with van der Waals surface area (Å²) < 4.78 is 1.49. The monoisotopic (exact) mass is 294 g/mol. The average Bonchev–Trinajstić information content (AvgIpc) is 3.04. The summed E-state index contributed by atoms with van der Waals surface area (Å²) in [5, 5.41) is 15.9. The van der Waals surface area contributed by atoms with Crippen molar-refractivity contribution < 1.29 is 0 Å². The SMILES string of the molecule is c1ccc(CC2CCN(c3ccc4nnnn4n3)CC2)cc1. The van der Waals surface area contributed by atoms with Crippen molar-refractivity contribution in [3.8, 4) is 0 Å². The number of piperidine rings is 1. The topological polar surface area (TPSA) is 59.2 Å². The van der Waals surface area contributed by atoms with Gasteiger partial charge < -0.3 is 4.90 Å². The molecule has 3 heterocycles. The van der Waals surface area contributed by atoms with E-state index in [0.717, 1.165) is 24.8 Å². The molecular formula is C16H18N6. The van der Waals surface area contributed by atoms with Gasteiger partial charge in [-0.3, -0.25) is 0 Å². The van der Waals surface area contributed by atoms with Crippen LogP contribution in [0.1, 0.15) is 18.4 Å². The molecule has 1 aliphatic heterocycles. The van der Waals surface area contributed by atoms with Crippen molar-refractivity contribution >= 4 is 11.5 Å². The Hall–Kier alpha value is -2.50. The van der Waals surface area contributed by atoms with Crippen LogP contribution in [0.5, 0.6) is 0 Å². The van der Waals surface area contributed by atoms with E-state index in [1.807, 2.05) is 12.1 Å². The fraction of sp³-hybridized carbons (Fsp3) is 0.375. The molecule has 0 spiro atoms. The molecule has 1 fully saturated rings. The van der Waals surface area contributed by atoms with Gasteiger partial charge in [0.05, 0.1) is 0 Å². The molecule has 0 aliphatic carbocycles. The predicted molar refractivity (Wildman–Crippen MR) is 83.7 cm³/mol. The summed E-state index contributed by atoms with van der Waals surface area (Å²) in [6, 6.07) is 14.7. The fourth-order valence-electron chi connectivity index (χ4n) is 3.12. The molecule has 0 unspecified atom stereocenters. The van der Waals surface area contributed by atoms with Crippen LogP contribution in [-0.2, 0) is 6.42 Å². The van der Waals surface area contributed by atoms with E-state index in [9.17, 15) is 0 Å². The minimum absolute atomic E-state index is 0.683. The molecule has 0 amide bonds. The third-order valence-electron chi connectivity index (χ3n) is 4.36. The molecule has 1 aromatic carbocycles. The van der Waals surface area contributed by atoms with Crippen LogP contribution in [-0.4, -0.2) is 38.3 Å². The lowest BCUT2D eigenvalue weighted by atomic mass is 9.90. The normalized spacial score (nSPS) is 16.3. The standard InChI is InChI=1S/C16H18N6/c1-2-4-13(5-3-1)12-14-8-10-21(11-9-14)16-7-6-15-17-19-20-22(15)18-16/h1-7,14H,8-12H2. The van der Waals surface area contributed by atoms with Crippen molar-refractivity contribution in [3.05, 3.63) is 48.0 Å². The number of benzene rings is 1. The van der Waals surface area contributed by atoms with Crippen molar-refractivity contribution in [2.45, 2.75) is 19.3 Å². The van der Waals surface area contributed by atoms with Crippen molar-refractivity contribution in [1.29, 1.82) is 0 Å². The molecule has 1 aliphatic rings. The summed E-state index contributed by atoms with van der Waals surface area (Å²) in [6.07, 6.45) is 3.57. The van der Waals surface area contributed by atoms with E-state index in [0.29, 0.717) is 5.65 Å². The van der Waals surface area contributed by atoms with Crippen LogP contribution in [0.25, 0.3) is 5.65 Å². The number of hydrogen-bond donors (Lipinski definition) is 0. The van der Waals surface area contributed by atoms with Crippen molar-refractivity contribution in [1.82, 2.24) is 25.3 Å². The van der Waals surface area contributed by atoms with Crippen LogP contribution >= 0.6 is 0 Å². The van der Waals surface area contributed by atoms with E-state index >= 15 is 0 Å². The lowest BCUT2D eigenvalue weighted by Crippen LogP contribution is -2.35. The number of hydrogen-bond acceptors (Lipinski definition) is 5. The molecular weight excluding hydrogens is 276 g/mol. The number of tetrazole rings is 1. The Morgan fingerprint density at radius 3 is 2.64 bits per heavy atom. The second-order valence-electron chi connectivity index (χ2n) is 5.84. The largest absolute Gasteiger partial charge is 0.355 e. The van der Waals surface area contributed by atoms with Crippen LogP contribution in [0.4, 0.5) is 5.82 Å². The van der Waals surface area contributed by atoms with Gasteiger partial charge in [0.15, 0.2) is 11.5 Å². The zero-order chi connectivity index (χ0) is 14.8. The van der Waals surface area contributed by atoms with Gasteiger partial charge >= 0.3 is 0 Å². The van der Waals surface area contributed by atoms with E-state index in [1.165, 1.54) is 29.5 Å². The summed E-state index contributed by atoms with van der Waals surface area (Å²) >= 11 is 0. The van der Waals surface area contributed by atoms with Gasteiger partial charge in [-0.1, -0.05) is 30.3 Å². The predicted octanol–water partition coefficient (Wildman–Crippen LogP) is 1.98. The number of anilines is 1. The summed E-state index contributed by atoms with van der Waals surface area (Å²) in [7, 11) is 0. The third kappa shape index (κ3) is 2.64. The average molecular weight is 294 g/mol. The minimum Gasteiger partial charge on any atom is -0.355 e. The lowest BCUT2D eigenvalue weighted by molar-refractivity contribution is 0.401. The van der Waals surface area contributed by atoms with E-state index in [1.54, 1.807) is 0 Å². The van der Waals surface area contributed by atoms with Gasteiger partial charge in [0.2, 0.25) is 0 Å². The van der Waals surface area contributed by atoms with Crippen LogP contribution in [0.15, 0.2) is 42.5 Å². The Balaban J connectivity index is 1.41. The van der Waals surface area contributed by atoms with Crippen LogP contribution in [0, 0.1) is 5.92 Å². The molecule has 2 aromatic heterocycles. The molecule has 4 rings (SSSR count). The maximum absolute atomic E-state index is 4.47. The van der Waals surface area contributed by atoms with Crippen LogP contribution in [0.3, 0.4) is 0 Å². The number of nitrogens with zero attached hydrogens (tertiary/aromatic N) is 6. The van der Waals surface area contributed by atoms with Gasteiger partial charge in [-0.15, -0.1) is 14.8 Å². The van der Waals surface area contributed by atoms with Crippen molar-refractivity contribution in [3.63, 3.8) is 0 Å². The second kappa shape index (κ2) is 5.71. The first-order chi connectivity index (χ1) is 10.9. The number of aromatic nitrogens is 5. The molecule has 1 saturated heterocycles. The van der Waals surface area contributed by atoms with E-state index < -0.39 is 0 Å². The highest BCUT2D eigenvalue weighted by atomic mass is 15.6. The Morgan fingerprint density at radius 2 is 1.82 bits per heavy atom. The Bertz CT molecular complexity index is 745. The molecule has 0 radical (unpaired) electrons. The highest BCUT2D eigenvalue weighted by Crippen LogP contribution is 2.24. The van der Waals surface area contributed by atoms with Gasteiger partial charge in [-0.05, 0) is 53.3 Å². The van der Waals surface area contributed by atoms with Gasteiger partial charge in [0.25, 0.3) is 0 Å². The highest BCUT2D eigenvalue weighted by molar-refractivity contribution is 5.44. The third-order valence-corrected chi connectivity index (χ3v) is 4.36. The van der Waals surface area contributed by atoms with E-state index in [-0.39, 0.29) is 0 Å². The molecule has 3 aromatic rings. The first-order valence-corrected chi connectivity index (χ1v) is 7.73. The maximum atomic E-state index is 4.47. The quantitative estimate of drug-likeness (QED) is 0.739. The summed E-state index contributed by atoms with van der Waals surface area (Å²) in [4.78, 5) is 2.32. The highest BCUT2D eigenvalue weighted by Gasteiger charge is 2.20. The van der Waals surface area contributed by atoms with Gasteiger partial charge in [0.1, 0.15) is 0 Å². The smallest absolute Gasteiger partial charge is 0.200 e. The summed E-state index contributed by atoms with van der Waals surface area (Å²) in [6.45, 7) is 2.08. The molecule has 0 atom stereocenters. The minimum atomic E-state index is 0.683. The maximum Gasteiger partial charge on any atom is 0.200 e. The first kappa shape index (κ1) is 13.2. The Kier molecular flexibility index (Phi) is 3.42. The van der Waals surface area contributed by atoms with Crippen LogP contribution in [0.2, 0.25) is 0 Å². The summed E-state index contributed by atoms with van der Waals surface area (Å²) in [5.74, 6) is 1.72. The lowest BCUT2D eigenvalue weighted by Gasteiger charge is -2.32. The molecule has 6 nitrogen and oxygen atoms in total. The van der Waals surface area contributed by atoms with Crippen molar-refractivity contribution in [2.24, 2.45) is 5.92 Å². The van der Waals surface area contributed by atoms with E-state index in [2.05, 4.69) is 55.9 Å². The zero-order valence-electron chi connectivity index (χ0n) is 12.3. The van der Waals surface area contributed by atoms with Crippen LogP contribution < -0.4 is 4.90 Å².